The summed E-state index contributed by atoms with van der Waals surface area (Å²) in [5, 5.41) is 19.5. The summed E-state index contributed by atoms with van der Waals surface area (Å²) in [5.41, 5.74) is 2.05. The van der Waals surface area contributed by atoms with Crippen molar-refractivity contribution in [3.63, 3.8) is 0 Å². The molecule has 1 saturated carbocycles. The number of methoxy groups -OCH3 is 1. The second-order valence-electron chi connectivity index (χ2n) is 12.1. The zero-order valence-corrected chi connectivity index (χ0v) is 29.2. The smallest absolute Gasteiger partial charge is 0.354 e. The summed E-state index contributed by atoms with van der Waals surface area (Å²) < 4.78 is 30.2. The molecule has 1 aliphatic heterocycles. The third-order valence-electron chi connectivity index (χ3n) is 8.28. The van der Waals surface area contributed by atoms with Gasteiger partial charge in [0.25, 0.3) is 0 Å². The van der Waals surface area contributed by atoms with Crippen LogP contribution in [0.3, 0.4) is 0 Å². The van der Waals surface area contributed by atoms with Gasteiger partial charge in [0, 0.05) is 49.8 Å². The van der Waals surface area contributed by atoms with Gasteiger partial charge >= 0.3 is 5.97 Å². The average molecular weight is 757 g/mol. The maximum absolute atomic E-state index is 11.5. The minimum absolute atomic E-state index is 0.0161. The second-order valence-corrected chi connectivity index (χ2v) is 14.7. The van der Waals surface area contributed by atoms with E-state index in [-0.39, 0.29) is 21.3 Å². The molecule has 0 radical (unpaired) electrons. The lowest BCUT2D eigenvalue weighted by molar-refractivity contribution is -0.0857. The first kappa shape index (κ1) is 37.0. The van der Waals surface area contributed by atoms with Crippen LogP contribution < -0.4 is 0 Å². The van der Waals surface area contributed by atoms with Gasteiger partial charge in [-0.25, -0.2) is 9.78 Å². The predicted octanol–water partition coefficient (Wildman–Crippen LogP) is 3.70. The van der Waals surface area contributed by atoms with Crippen molar-refractivity contribution in [2.45, 2.75) is 67.6 Å². The first-order valence-electron chi connectivity index (χ1n) is 16.1. The predicted molar refractivity (Wildman–Crippen MR) is 180 cm³/mol. The Morgan fingerprint density at radius 2 is 1.52 bits per heavy atom. The molecule has 0 spiro atoms. The number of aliphatic hydroxyl groups excluding tert-OH is 1. The number of aromatic nitrogens is 2. The van der Waals surface area contributed by atoms with Crippen LogP contribution >= 0.6 is 22.6 Å². The highest BCUT2D eigenvalue weighted by Gasteiger charge is 2.35. The van der Waals surface area contributed by atoms with Crippen molar-refractivity contribution in [3.8, 4) is 0 Å². The number of aromatic carboxylic acids is 1. The Bertz CT molecular complexity index is 1210. The molecule has 1 saturated heterocycles. The third-order valence-corrected chi connectivity index (χ3v) is 9.26. The van der Waals surface area contributed by atoms with E-state index >= 15 is 0 Å². The maximum atomic E-state index is 11.5. The fourth-order valence-corrected chi connectivity index (χ4v) is 6.59. The minimum Gasteiger partial charge on any atom is -0.477 e. The van der Waals surface area contributed by atoms with E-state index in [0.29, 0.717) is 90.3 Å². The molecule has 2 aliphatic rings. The zero-order chi connectivity index (χ0) is 32.8. The van der Waals surface area contributed by atoms with E-state index in [9.17, 15) is 15.0 Å². The third kappa shape index (κ3) is 12.7. The highest BCUT2D eigenvalue weighted by molar-refractivity contribution is 14.1. The molecule has 2 aromatic heterocycles. The topological polar surface area (TPSA) is 136 Å². The normalized spacial score (nSPS) is 26.3. The van der Waals surface area contributed by atoms with Crippen LogP contribution in [0, 0.1) is 0 Å². The van der Waals surface area contributed by atoms with Crippen molar-refractivity contribution in [2.75, 3.05) is 72.9 Å². The Labute approximate surface area is 285 Å². The Kier molecular flexibility index (Phi) is 15.5. The average Bonchev–Trinajstić information content (AvgIpc) is 3.18. The highest BCUT2D eigenvalue weighted by atomic mass is 127. The number of nitrogens with zero attached hydrogens (tertiary/aromatic N) is 4. The number of aliphatic hydroxyl groups is 1. The van der Waals surface area contributed by atoms with Gasteiger partial charge in [-0.05, 0) is 49.9 Å². The van der Waals surface area contributed by atoms with Gasteiger partial charge in [-0.1, -0.05) is 41.6 Å². The largest absolute Gasteiger partial charge is 0.477 e. The first-order valence-corrected chi connectivity index (χ1v) is 17.2. The van der Waals surface area contributed by atoms with E-state index < -0.39 is 12.3 Å². The number of halogens is 1. The molecule has 4 rings (SSSR count). The molecule has 0 amide bonds. The zero-order valence-electron chi connectivity index (χ0n) is 27.0. The van der Waals surface area contributed by atoms with Crippen molar-refractivity contribution in [1.82, 2.24) is 19.8 Å². The summed E-state index contributed by atoms with van der Waals surface area (Å²) >= 11 is 2.57. The van der Waals surface area contributed by atoms with Crippen molar-refractivity contribution >= 4 is 28.6 Å². The summed E-state index contributed by atoms with van der Waals surface area (Å²) in [7, 11) is 1.45. The summed E-state index contributed by atoms with van der Waals surface area (Å²) in [6, 6.07) is 10.7. The molecular formula is C33H49IN4O8. The number of ether oxygens (including phenoxy) is 5. The number of carboxylic acid groups (broad SMARTS) is 1. The molecule has 1 aliphatic carbocycles. The van der Waals surface area contributed by atoms with Gasteiger partial charge < -0.3 is 33.9 Å². The molecule has 2 aromatic rings. The van der Waals surface area contributed by atoms with Gasteiger partial charge in [-0.3, -0.25) is 14.8 Å². The second kappa shape index (κ2) is 19.2. The van der Waals surface area contributed by atoms with E-state index in [1.807, 2.05) is 18.2 Å². The molecule has 12 nitrogen and oxygen atoms in total. The molecule has 3 heterocycles. The van der Waals surface area contributed by atoms with Gasteiger partial charge in [-0.2, -0.15) is 0 Å². The molecule has 2 N–H and O–H groups in total. The lowest BCUT2D eigenvalue weighted by atomic mass is 10.0. The lowest BCUT2D eigenvalue weighted by Gasteiger charge is -2.31. The monoisotopic (exact) mass is 756 g/mol. The van der Waals surface area contributed by atoms with Crippen LogP contribution in [0.4, 0.5) is 0 Å². The number of carbonyl (C=O) groups is 1. The van der Waals surface area contributed by atoms with Crippen LogP contribution in [-0.4, -0.2) is 125 Å². The molecule has 46 heavy (non-hydrogen) atoms. The van der Waals surface area contributed by atoms with E-state index in [0.717, 1.165) is 31.4 Å². The van der Waals surface area contributed by atoms with Gasteiger partial charge in [0.1, 0.15) is 5.69 Å². The van der Waals surface area contributed by atoms with Gasteiger partial charge in [-0.15, -0.1) is 0 Å². The molecule has 4 unspecified atom stereocenters. The van der Waals surface area contributed by atoms with Crippen molar-refractivity contribution in [3.05, 3.63) is 59.2 Å². The molecule has 0 bridgehead atoms. The minimum atomic E-state index is -1.06. The van der Waals surface area contributed by atoms with Crippen molar-refractivity contribution in [2.24, 2.45) is 0 Å². The van der Waals surface area contributed by atoms with Gasteiger partial charge in [0.2, 0.25) is 0 Å². The number of hydrogen-bond donors (Lipinski definition) is 2. The summed E-state index contributed by atoms with van der Waals surface area (Å²) in [4.78, 5) is 24.8. The number of pyridine rings is 2. The number of alkyl halides is 1. The Morgan fingerprint density at radius 3 is 2.15 bits per heavy atom. The number of hydrogen-bond acceptors (Lipinski definition) is 11. The molecule has 4 atom stereocenters. The molecule has 13 heteroatoms. The highest BCUT2D eigenvalue weighted by Crippen LogP contribution is 2.37. The van der Waals surface area contributed by atoms with E-state index in [2.05, 4.69) is 49.3 Å². The Balaban J connectivity index is 1.43. The van der Waals surface area contributed by atoms with Gasteiger partial charge in [0.15, 0.2) is 6.29 Å². The number of rotatable bonds is 7. The Hall–Kier alpha value is -1.82. The first-order chi connectivity index (χ1) is 22.2. The molecule has 256 valence electrons. The molecule has 0 aromatic carbocycles. The molecular weight excluding hydrogens is 707 g/mol. The SMILES string of the molecule is COC(O)c1cccc(CN2CCOCCOCCN(Cc3cccc(C(=O)O)n3)CCOC3CC(C)(I)CCCC3OCC2)n1. The quantitative estimate of drug-likeness (QED) is 0.242. The van der Waals surface area contributed by atoms with Crippen molar-refractivity contribution < 1.29 is 38.7 Å². The summed E-state index contributed by atoms with van der Waals surface area (Å²) in [6.45, 7) is 9.09. The van der Waals surface area contributed by atoms with Crippen LogP contribution in [0.1, 0.15) is 66.5 Å². The molecule has 2 fully saturated rings. The van der Waals surface area contributed by atoms with Crippen LogP contribution in [0.15, 0.2) is 36.4 Å². The van der Waals surface area contributed by atoms with Crippen LogP contribution in [0.25, 0.3) is 0 Å². The number of fused-ring (bicyclic) bond motifs is 1. The fourth-order valence-electron chi connectivity index (χ4n) is 5.77. The van der Waals surface area contributed by atoms with E-state index in [4.69, 9.17) is 23.7 Å². The lowest BCUT2D eigenvalue weighted by Crippen LogP contribution is -2.39. The summed E-state index contributed by atoms with van der Waals surface area (Å²) in [5.74, 6) is -1.04. The Morgan fingerprint density at radius 1 is 0.935 bits per heavy atom. The van der Waals surface area contributed by atoms with Crippen molar-refractivity contribution in [1.29, 1.82) is 0 Å². The van der Waals surface area contributed by atoms with E-state index in [1.165, 1.54) is 13.2 Å². The van der Waals surface area contributed by atoms with Crippen LogP contribution in [-0.2, 0) is 36.8 Å². The maximum Gasteiger partial charge on any atom is 0.354 e. The van der Waals surface area contributed by atoms with Gasteiger partial charge in [0.05, 0.1) is 68.9 Å². The fraction of sp³-hybridized carbons (Fsp3) is 0.667. The van der Waals surface area contributed by atoms with E-state index in [1.54, 1.807) is 12.1 Å². The standard InChI is InChI=1S/C33H49IN4O8/c1-33(34)11-5-10-29-30(22-33)46-19-15-38(23-25-6-3-8-27(35-25)31(39)40)13-17-44-21-20-43-16-12-37(14-18-45-29)24-26-7-4-9-28(36-26)32(41)42-2/h3-4,6-9,29-30,32,41H,5,10-24H2,1-2H3,(H,39,40). The van der Waals surface area contributed by atoms with Crippen LogP contribution in [0.2, 0.25) is 0 Å². The number of carboxylic acids is 1. The summed E-state index contributed by atoms with van der Waals surface area (Å²) in [6.07, 6.45) is 2.91. The van der Waals surface area contributed by atoms with Crippen LogP contribution in [0.5, 0.6) is 0 Å².